The lowest BCUT2D eigenvalue weighted by Gasteiger charge is -2.04. The van der Waals surface area contributed by atoms with E-state index in [2.05, 4.69) is 0 Å². The van der Waals surface area contributed by atoms with Gasteiger partial charge in [0.1, 0.15) is 12.2 Å². The molecule has 128 valence electrons. The van der Waals surface area contributed by atoms with Crippen molar-refractivity contribution in [1.82, 2.24) is 0 Å². The molecule has 3 aromatic rings. The third kappa shape index (κ3) is 4.24. The molecular formula is C19H15ClO4S. The van der Waals surface area contributed by atoms with Crippen LogP contribution in [0.1, 0.15) is 23.0 Å². The molecule has 0 N–H and O–H groups in total. The molecule has 0 fully saturated rings. The average Bonchev–Trinajstić information content (AvgIpc) is 2.98. The molecule has 0 unspecified atom stereocenters. The number of carbonyl (C=O) groups is 2. The number of para-hydroxylation sites is 1. The molecule has 1 heterocycles. The Balaban J connectivity index is 1.88. The molecule has 0 spiro atoms. The number of Topliss-reactive ketones (excluding diaryl/α,β-unsaturated/α-hetero) is 1. The second-order valence-corrected chi connectivity index (χ2v) is 6.91. The number of halogens is 1. The van der Waals surface area contributed by atoms with Crippen molar-refractivity contribution in [1.29, 1.82) is 0 Å². The maximum Gasteiger partial charge on any atom is 0.375 e. The molecule has 3 rings (SSSR count). The van der Waals surface area contributed by atoms with Crippen LogP contribution >= 0.6 is 23.4 Å². The van der Waals surface area contributed by atoms with Gasteiger partial charge >= 0.3 is 5.97 Å². The Bertz CT molecular complexity index is 915. The van der Waals surface area contributed by atoms with Crippen LogP contribution in [0.3, 0.4) is 0 Å². The van der Waals surface area contributed by atoms with Crippen molar-refractivity contribution in [2.45, 2.75) is 17.6 Å². The minimum atomic E-state index is -0.627. The first-order valence-electron chi connectivity index (χ1n) is 7.60. The standard InChI is InChI=1S/C19H15ClO4S/c1-12(21)10-23-19(22)18-16(15-4-2-3-5-17(15)24-18)11-25-14-8-6-13(20)7-9-14/h2-9H,10-11H2,1H3. The zero-order valence-corrected chi connectivity index (χ0v) is 15.0. The summed E-state index contributed by atoms with van der Waals surface area (Å²) >= 11 is 7.47. The van der Waals surface area contributed by atoms with Crippen molar-refractivity contribution in [2.24, 2.45) is 0 Å². The summed E-state index contributed by atoms with van der Waals surface area (Å²) in [5.41, 5.74) is 1.37. The maximum atomic E-state index is 12.3. The Hall–Kier alpha value is -2.24. The lowest BCUT2D eigenvalue weighted by Crippen LogP contribution is -2.12. The quantitative estimate of drug-likeness (QED) is 0.442. The summed E-state index contributed by atoms with van der Waals surface area (Å²) < 4.78 is 10.7. The normalized spacial score (nSPS) is 10.8. The monoisotopic (exact) mass is 374 g/mol. The third-order valence-corrected chi connectivity index (χ3v) is 4.78. The van der Waals surface area contributed by atoms with Gasteiger partial charge in [-0.3, -0.25) is 4.79 Å². The SMILES string of the molecule is CC(=O)COC(=O)c1oc2ccccc2c1CSc1ccc(Cl)cc1. The molecule has 25 heavy (non-hydrogen) atoms. The summed E-state index contributed by atoms with van der Waals surface area (Å²) in [6.45, 7) is 1.10. The first-order valence-corrected chi connectivity index (χ1v) is 8.96. The molecule has 0 amide bonds. The summed E-state index contributed by atoms with van der Waals surface area (Å²) in [6, 6.07) is 14.9. The van der Waals surface area contributed by atoms with E-state index in [0.717, 1.165) is 15.8 Å². The molecule has 0 atom stereocenters. The smallest absolute Gasteiger partial charge is 0.375 e. The number of ketones is 1. The van der Waals surface area contributed by atoms with Gasteiger partial charge in [-0.2, -0.15) is 0 Å². The Morgan fingerprint density at radius 2 is 1.84 bits per heavy atom. The van der Waals surface area contributed by atoms with E-state index >= 15 is 0 Å². The highest BCUT2D eigenvalue weighted by atomic mass is 35.5. The lowest BCUT2D eigenvalue weighted by atomic mass is 10.1. The molecule has 6 heteroatoms. The molecule has 2 aromatic carbocycles. The molecule has 0 aliphatic rings. The van der Waals surface area contributed by atoms with Crippen LogP contribution in [0, 0.1) is 0 Å². The fourth-order valence-electron chi connectivity index (χ4n) is 2.33. The molecule has 0 bridgehead atoms. The van der Waals surface area contributed by atoms with E-state index in [4.69, 9.17) is 20.8 Å². The number of ether oxygens (including phenoxy) is 1. The highest BCUT2D eigenvalue weighted by molar-refractivity contribution is 7.98. The minimum Gasteiger partial charge on any atom is -0.452 e. The molecule has 0 aliphatic carbocycles. The molecule has 0 radical (unpaired) electrons. The van der Waals surface area contributed by atoms with E-state index in [1.54, 1.807) is 17.8 Å². The number of carbonyl (C=O) groups excluding carboxylic acids is 2. The van der Waals surface area contributed by atoms with Gasteiger partial charge in [-0.25, -0.2) is 4.79 Å². The fourth-order valence-corrected chi connectivity index (χ4v) is 3.38. The number of rotatable bonds is 6. The van der Waals surface area contributed by atoms with Gasteiger partial charge in [0.15, 0.2) is 5.78 Å². The Morgan fingerprint density at radius 3 is 2.56 bits per heavy atom. The molecule has 0 saturated heterocycles. The maximum absolute atomic E-state index is 12.3. The summed E-state index contributed by atoms with van der Waals surface area (Å²) in [5, 5.41) is 1.53. The van der Waals surface area contributed by atoms with Gasteiger partial charge in [-0.15, -0.1) is 11.8 Å². The lowest BCUT2D eigenvalue weighted by molar-refractivity contribution is -0.120. The zero-order valence-electron chi connectivity index (χ0n) is 13.5. The van der Waals surface area contributed by atoms with E-state index in [9.17, 15) is 9.59 Å². The molecule has 1 aromatic heterocycles. The number of fused-ring (bicyclic) bond motifs is 1. The van der Waals surface area contributed by atoms with Crippen molar-refractivity contribution in [3.05, 3.63) is 64.9 Å². The van der Waals surface area contributed by atoms with Crippen molar-refractivity contribution in [2.75, 3.05) is 6.61 Å². The highest BCUT2D eigenvalue weighted by Gasteiger charge is 2.22. The predicted octanol–water partition coefficient (Wildman–Crippen LogP) is 5.12. The van der Waals surface area contributed by atoms with E-state index in [1.807, 2.05) is 42.5 Å². The third-order valence-electron chi connectivity index (χ3n) is 3.49. The fraction of sp³-hybridized carbons (Fsp3) is 0.158. The van der Waals surface area contributed by atoms with E-state index in [0.29, 0.717) is 16.4 Å². The number of benzene rings is 2. The van der Waals surface area contributed by atoms with Crippen LogP contribution in [0.4, 0.5) is 0 Å². The zero-order chi connectivity index (χ0) is 17.8. The molecule has 4 nitrogen and oxygen atoms in total. The van der Waals surface area contributed by atoms with Crippen molar-refractivity contribution in [3.63, 3.8) is 0 Å². The van der Waals surface area contributed by atoms with Gasteiger partial charge < -0.3 is 9.15 Å². The Labute approximate surface area is 154 Å². The highest BCUT2D eigenvalue weighted by Crippen LogP contribution is 2.32. The summed E-state index contributed by atoms with van der Waals surface area (Å²) in [6.07, 6.45) is 0. The summed E-state index contributed by atoms with van der Waals surface area (Å²) in [4.78, 5) is 24.4. The second kappa shape index (κ2) is 7.76. The average molecular weight is 375 g/mol. The van der Waals surface area contributed by atoms with Crippen LogP contribution in [-0.2, 0) is 15.3 Å². The van der Waals surface area contributed by atoms with Gasteiger partial charge in [0.2, 0.25) is 5.76 Å². The molecule has 0 saturated carbocycles. The predicted molar refractivity (Wildman–Crippen MR) is 98.2 cm³/mol. The Morgan fingerprint density at radius 1 is 1.12 bits per heavy atom. The first kappa shape index (κ1) is 17.6. The topological polar surface area (TPSA) is 56.5 Å². The summed E-state index contributed by atoms with van der Waals surface area (Å²) in [5.74, 6) is -0.174. The summed E-state index contributed by atoms with van der Waals surface area (Å²) in [7, 11) is 0. The van der Waals surface area contributed by atoms with Crippen LogP contribution in [-0.4, -0.2) is 18.4 Å². The van der Waals surface area contributed by atoms with E-state index < -0.39 is 5.97 Å². The number of thioether (sulfide) groups is 1. The number of esters is 1. The Kier molecular flexibility index (Phi) is 5.46. The number of hydrogen-bond donors (Lipinski definition) is 0. The van der Waals surface area contributed by atoms with Crippen LogP contribution in [0.15, 0.2) is 57.8 Å². The van der Waals surface area contributed by atoms with Gasteiger partial charge in [0.25, 0.3) is 0 Å². The minimum absolute atomic E-state index is 0.143. The van der Waals surface area contributed by atoms with E-state index in [-0.39, 0.29) is 18.2 Å². The largest absolute Gasteiger partial charge is 0.452 e. The molecule has 0 aliphatic heterocycles. The van der Waals surface area contributed by atoms with Crippen LogP contribution < -0.4 is 0 Å². The molecular weight excluding hydrogens is 360 g/mol. The van der Waals surface area contributed by atoms with Crippen LogP contribution in [0.5, 0.6) is 0 Å². The second-order valence-electron chi connectivity index (χ2n) is 5.43. The van der Waals surface area contributed by atoms with Gasteiger partial charge in [-0.1, -0.05) is 29.8 Å². The number of furan rings is 1. The van der Waals surface area contributed by atoms with Gasteiger partial charge in [0, 0.05) is 26.6 Å². The number of hydrogen-bond acceptors (Lipinski definition) is 5. The van der Waals surface area contributed by atoms with Crippen molar-refractivity contribution >= 4 is 46.1 Å². The van der Waals surface area contributed by atoms with Crippen molar-refractivity contribution in [3.8, 4) is 0 Å². The van der Waals surface area contributed by atoms with Gasteiger partial charge in [-0.05, 0) is 37.3 Å². The van der Waals surface area contributed by atoms with Gasteiger partial charge in [0.05, 0.1) is 0 Å². The van der Waals surface area contributed by atoms with E-state index in [1.165, 1.54) is 6.92 Å². The van der Waals surface area contributed by atoms with Crippen LogP contribution in [0.25, 0.3) is 11.0 Å². The van der Waals surface area contributed by atoms with Crippen LogP contribution in [0.2, 0.25) is 5.02 Å². The first-order chi connectivity index (χ1) is 12.0. The van der Waals surface area contributed by atoms with Crippen molar-refractivity contribution < 1.29 is 18.7 Å².